The van der Waals surface area contributed by atoms with Crippen LogP contribution in [0.1, 0.15) is 15.9 Å². The molecule has 0 radical (unpaired) electrons. The van der Waals surface area contributed by atoms with Crippen LogP contribution >= 0.6 is 0 Å². The zero-order valence-corrected chi connectivity index (χ0v) is 14.9. The minimum absolute atomic E-state index is 0.0473. The number of rotatable bonds is 5. The third kappa shape index (κ3) is 3.93. The quantitative estimate of drug-likeness (QED) is 0.709. The smallest absolute Gasteiger partial charge is 0.418 e. The number of hydrogen-bond acceptors (Lipinski definition) is 4. The van der Waals surface area contributed by atoms with Crippen LogP contribution < -0.4 is 14.8 Å². The maximum atomic E-state index is 13.6. The lowest BCUT2D eigenvalue weighted by atomic mass is 10.1. The molecule has 0 aliphatic carbocycles. The highest BCUT2D eigenvalue weighted by Gasteiger charge is 2.34. The summed E-state index contributed by atoms with van der Waals surface area (Å²) in [6.45, 7) is 0. The number of carbonyl (C=O) groups excluding carboxylic acids is 1. The van der Waals surface area contributed by atoms with E-state index < -0.39 is 17.6 Å². The van der Waals surface area contributed by atoms with Gasteiger partial charge in [-0.3, -0.25) is 4.79 Å². The van der Waals surface area contributed by atoms with E-state index in [-0.39, 0.29) is 22.7 Å². The SMILES string of the molecule is COc1ccc(OC)c(C(=O)Nc2ccc(-n3cccn3)cc2C(F)(F)F)c1. The highest BCUT2D eigenvalue weighted by Crippen LogP contribution is 2.36. The Kier molecular flexibility index (Phi) is 5.25. The molecule has 0 saturated carbocycles. The third-order valence-corrected chi connectivity index (χ3v) is 3.98. The lowest BCUT2D eigenvalue weighted by molar-refractivity contribution is -0.136. The van der Waals surface area contributed by atoms with Crippen molar-refractivity contribution in [3.8, 4) is 17.2 Å². The van der Waals surface area contributed by atoms with Crippen molar-refractivity contribution in [1.82, 2.24) is 9.78 Å². The summed E-state index contributed by atoms with van der Waals surface area (Å²) in [6, 6.07) is 9.60. The Morgan fingerprint density at radius 1 is 1.11 bits per heavy atom. The van der Waals surface area contributed by atoms with Gasteiger partial charge in [0.15, 0.2) is 0 Å². The van der Waals surface area contributed by atoms with Gasteiger partial charge in [-0.15, -0.1) is 0 Å². The molecule has 0 saturated heterocycles. The first-order valence-electron chi connectivity index (χ1n) is 8.08. The summed E-state index contributed by atoms with van der Waals surface area (Å²) in [5.41, 5.74) is -1.10. The fourth-order valence-electron chi connectivity index (χ4n) is 2.62. The number of nitrogens with zero attached hydrogens (tertiary/aromatic N) is 2. The van der Waals surface area contributed by atoms with Gasteiger partial charge >= 0.3 is 6.18 Å². The number of ether oxygens (including phenoxy) is 2. The first kappa shape index (κ1) is 19.3. The molecule has 1 N–H and O–H groups in total. The van der Waals surface area contributed by atoms with Gasteiger partial charge in [-0.25, -0.2) is 4.68 Å². The van der Waals surface area contributed by atoms with Gasteiger partial charge in [0.05, 0.1) is 36.7 Å². The van der Waals surface area contributed by atoms with Crippen molar-refractivity contribution in [2.75, 3.05) is 19.5 Å². The van der Waals surface area contributed by atoms with E-state index in [1.807, 2.05) is 0 Å². The van der Waals surface area contributed by atoms with Gasteiger partial charge in [0.25, 0.3) is 5.91 Å². The fraction of sp³-hybridized carbons (Fsp3) is 0.158. The molecule has 0 bridgehead atoms. The van der Waals surface area contributed by atoms with Crippen LogP contribution in [0.2, 0.25) is 0 Å². The number of methoxy groups -OCH3 is 2. The van der Waals surface area contributed by atoms with E-state index in [4.69, 9.17) is 9.47 Å². The summed E-state index contributed by atoms with van der Waals surface area (Å²) in [7, 11) is 2.78. The molecule has 0 aliphatic rings. The van der Waals surface area contributed by atoms with Gasteiger partial charge in [-0.1, -0.05) is 0 Å². The largest absolute Gasteiger partial charge is 0.497 e. The lowest BCUT2D eigenvalue weighted by Crippen LogP contribution is -2.18. The molecule has 0 atom stereocenters. The molecule has 146 valence electrons. The van der Waals surface area contributed by atoms with Crippen LogP contribution in [-0.2, 0) is 6.18 Å². The van der Waals surface area contributed by atoms with Gasteiger partial charge < -0.3 is 14.8 Å². The van der Waals surface area contributed by atoms with Crippen molar-refractivity contribution in [1.29, 1.82) is 0 Å². The van der Waals surface area contributed by atoms with Crippen LogP contribution in [0.5, 0.6) is 11.5 Å². The van der Waals surface area contributed by atoms with E-state index >= 15 is 0 Å². The number of carbonyl (C=O) groups is 1. The number of anilines is 1. The molecular weight excluding hydrogens is 375 g/mol. The third-order valence-electron chi connectivity index (χ3n) is 3.98. The van der Waals surface area contributed by atoms with Gasteiger partial charge in [-0.2, -0.15) is 18.3 Å². The van der Waals surface area contributed by atoms with Crippen LogP contribution in [0.3, 0.4) is 0 Å². The van der Waals surface area contributed by atoms with Crippen LogP contribution in [0.4, 0.5) is 18.9 Å². The second kappa shape index (κ2) is 7.63. The Labute approximate surface area is 158 Å². The molecule has 28 heavy (non-hydrogen) atoms. The van der Waals surface area contributed by atoms with Crippen molar-refractivity contribution >= 4 is 11.6 Å². The van der Waals surface area contributed by atoms with Crippen molar-refractivity contribution in [3.63, 3.8) is 0 Å². The van der Waals surface area contributed by atoms with E-state index in [2.05, 4.69) is 10.4 Å². The highest BCUT2D eigenvalue weighted by atomic mass is 19.4. The van der Waals surface area contributed by atoms with Crippen molar-refractivity contribution < 1.29 is 27.4 Å². The van der Waals surface area contributed by atoms with E-state index in [9.17, 15) is 18.0 Å². The molecule has 1 aromatic heterocycles. The molecule has 3 aromatic rings. The standard InChI is InChI=1S/C19H16F3N3O3/c1-27-13-5-7-17(28-2)14(11-13)18(26)24-16-6-4-12(25-9-3-8-23-25)10-15(16)19(20,21)22/h3-11H,1-2H3,(H,24,26). The fourth-order valence-corrected chi connectivity index (χ4v) is 2.62. The minimum atomic E-state index is -4.68. The maximum absolute atomic E-state index is 13.6. The number of aromatic nitrogens is 2. The van der Waals surface area contributed by atoms with E-state index in [0.29, 0.717) is 5.75 Å². The van der Waals surface area contributed by atoms with E-state index in [0.717, 1.165) is 6.07 Å². The minimum Gasteiger partial charge on any atom is -0.497 e. The zero-order valence-electron chi connectivity index (χ0n) is 14.9. The molecule has 0 aliphatic heterocycles. The normalized spacial score (nSPS) is 11.2. The lowest BCUT2D eigenvalue weighted by Gasteiger charge is -2.16. The van der Waals surface area contributed by atoms with Crippen molar-refractivity contribution in [2.45, 2.75) is 6.18 Å². The topological polar surface area (TPSA) is 65.4 Å². The molecule has 6 nitrogen and oxygen atoms in total. The molecule has 0 spiro atoms. The van der Waals surface area contributed by atoms with E-state index in [1.54, 1.807) is 12.1 Å². The summed E-state index contributed by atoms with van der Waals surface area (Å²) < 4.78 is 52.2. The molecule has 2 aromatic carbocycles. The zero-order chi connectivity index (χ0) is 20.3. The Morgan fingerprint density at radius 3 is 2.50 bits per heavy atom. The molecule has 1 heterocycles. The Bertz CT molecular complexity index is 986. The van der Waals surface area contributed by atoms with Crippen molar-refractivity contribution in [2.24, 2.45) is 0 Å². The second-order valence-corrected chi connectivity index (χ2v) is 5.70. The maximum Gasteiger partial charge on any atom is 0.418 e. The van der Waals surface area contributed by atoms with Gasteiger partial charge in [0.2, 0.25) is 0 Å². The number of amides is 1. The van der Waals surface area contributed by atoms with Crippen molar-refractivity contribution in [3.05, 3.63) is 66.0 Å². The molecule has 0 fully saturated rings. The summed E-state index contributed by atoms with van der Waals surface area (Å²) in [5.74, 6) is -0.177. The van der Waals surface area contributed by atoms with Crippen LogP contribution in [0.15, 0.2) is 54.9 Å². The highest BCUT2D eigenvalue weighted by molar-refractivity contribution is 6.07. The Balaban J connectivity index is 1.99. The van der Waals surface area contributed by atoms with Crippen LogP contribution in [0.25, 0.3) is 5.69 Å². The molecule has 0 unspecified atom stereocenters. The predicted octanol–water partition coefficient (Wildman–Crippen LogP) is 4.16. The monoisotopic (exact) mass is 391 g/mol. The Morgan fingerprint density at radius 2 is 1.89 bits per heavy atom. The first-order valence-corrected chi connectivity index (χ1v) is 8.08. The first-order chi connectivity index (χ1) is 13.3. The predicted molar refractivity (Wildman–Crippen MR) is 96.1 cm³/mol. The number of halogens is 3. The van der Waals surface area contributed by atoms with Crippen LogP contribution in [0, 0.1) is 0 Å². The summed E-state index contributed by atoms with van der Waals surface area (Å²) >= 11 is 0. The average molecular weight is 391 g/mol. The molecular formula is C19H16F3N3O3. The molecule has 3 rings (SSSR count). The Hall–Kier alpha value is -3.49. The van der Waals surface area contributed by atoms with Gasteiger partial charge in [-0.05, 0) is 42.5 Å². The summed E-state index contributed by atoms with van der Waals surface area (Å²) in [6.07, 6.45) is -1.70. The number of hydrogen-bond donors (Lipinski definition) is 1. The number of benzene rings is 2. The van der Waals surface area contributed by atoms with Gasteiger partial charge in [0, 0.05) is 12.4 Å². The average Bonchev–Trinajstić information content (AvgIpc) is 3.21. The second-order valence-electron chi connectivity index (χ2n) is 5.70. The van der Waals surface area contributed by atoms with E-state index in [1.165, 1.54) is 55.6 Å². The number of nitrogens with one attached hydrogen (secondary N) is 1. The van der Waals surface area contributed by atoms with Gasteiger partial charge in [0.1, 0.15) is 11.5 Å². The van der Waals surface area contributed by atoms with Crippen LogP contribution in [-0.4, -0.2) is 29.9 Å². The molecule has 1 amide bonds. The number of alkyl halides is 3. The molecule has 9 heteroatoms. The summed E-state index contributed by atoms with van der Waals surface area (Å²) in [4.78, 5) is 12.6. The summed E-state index contributed by atoms with van der Waals surface area (Å²) in [5, 5.41) is 6.23.